The number of aromatic amines is 1. The van der Waals surface area contributed by atoms with E-state index < -0.39 is 16.0 Å². The molecule has 2 aromatic carbocycles. The van der Waals surface area contributed by atoms with Crippen molar-refractivity contribution < 1.29 is 22.7 Å². The molecular formula is C24H29N3O6S. The SMILES string of the molecule is COc1ccc(C(=O)OCCCn2c(=O)[nH]c3ccccc32)cc1S(=O)(=O)N1CCCCCC1. The molecule has 0 radical (unpaired) electrons. The fourth-order valence-corrected chi connectivity index (χ4v) is 5.92. The van der Waals surface area contributed by atoms with Crippen molar-refractivity contribution in [2.75, 3.05) is 26.8 Å². The Labute approximate surface area is 198 Å². The molecule has 0 spiro atoms. The van der Waals surface area contributed by atoms with Gasteiger partial charge in [0.15, 0.2) is 0 Å². The van der Waals surface area contributed by atoms with Crippen LogP contribution in [0.4, 0.5) is 0 Å². The first-order valence-electron chi connectivity index (χ1n) is 11.4. The maximum absolute atomic E-state index is 13.3. The average Bonchev–Trinajstić information content (AvgIpc) is 3.00. The third kappa shape index (κ3) is 5.02. The number of imidazole rings is 1. The second-order valence-corrected chi connectivity index (χ2v) is 10.2. The minimum atomic E-state index is -3.81. The van der Waals surface area contributed by atoms with Gasteiger partial charge in [-0.3, -0.25) is 4.57 Å². The van der Waals surface area contributed by atoms with Gasteiger partial charge in [0.2, 0.25) is 10.0 Å². The Balaban J connectivity index is 1.44. The van der Waals surface area contributed by atoms with Crippen LogP contribution >= 0.6 is 0 Å². The fraction of sp³-hybridized carbons (Fsp3) is 0.417. The van der Waals surface area contributed by atoms with Crippen molar-refractivity contribution in [2.45, 2.75) is 43.5 Å². The molecular weight excluding hydrogens is 458 g/mol. The Bertz CT molecular complexity index is 1320. The number of rotatable bonds is 8. The van der Waals surface area contributed by atoms with Crippen LogP contribution in [0.2, 0.25) is 0 Å². The highest BCUT2D eigenvalue weighted by atomic mass is 32.2. The van der Waals surface area contributed by atoms with Crippen molar-refractivity contribution in [1.82, 2.24) is 13.9 Å². The lowest BCUT2D eigenvalue weighted by molar-refractivity contribution is 0.0495. The second-order valence-electron chi connectivity index (χ2n) is 8.27. The summed E-state index contributed by atoms with van der Waals surface area (Å²) >= 11 is 0. The predicted octanol–water partition coefficient (Wildman–Crippen LogP) is 3.15. The zero-order valence-electron chi connectivity index (χ0n) is 19.2. The van der Waals surface area contributed by atoms with Gasteiger partial charge in [-0.25, -0.2) is 18.0 Å². The maximum atomic E-state index is 13.3. The van der Waals surface area contributed by atoms with Gasteiger partial charge in [-0.1, -0.05) is 25.0 Å². The normalized spacial score (nSPS) is 15.2. The van der Waals surface area contributed by atoms with Gasteiger partial charge in [-0.2, -0.15) is 4.31 Å². The van der Waals surface area contributed by atoms with E-state index in [0.717, 1.165) is 36.7 Å². The number of aryl methyl sites for hydroxylation is 1. The number of ether oxygens (including phenoxy) is 2. The highest BCUT2D eigenvalue weighted by molar-refractivity contribution is 7.89. The highest BCUT2D eigenvalue weighted by Crippen LogP contribution is 2.29. The minimum Gasteiger partial charge on any atom is -0.495 e. The number of nitrogens with zero attached hydrogens (tertiary/aromatic N) is 2. The number of hydrogen-bond acceptors (Lipinski definition) is 6. The van der Waals surface area contributed by atoms with E-state index in [4.69, 9.17) is 9.47 Å². The molecule has 9 nitrogen and oxygen atoms in total. The maximum Gasteiger partial charge on any atom is 0.338 e. The van der Waals surface area contributed by atoms with Crippen molar-refractivity contribution in [1.29, 1.82) is 0 Å². The largest absolute Gasteiger partial charge is 0.495 e. The molecule has 1 aliphatic heterocycles. The molecule has 0 unspecified atom stereocenters. The number of nitrogens with one attached hydrogen (secondary N) is 1. The lowest BCUT2D eigenvalue weighted by atomic mass is 10.2. The third-order valence-corrected chi connectivity index (χ3v) is 7.94. The molecule has 2 heterocycles. The van der Waals surface area contributed by atoms with Crippen LogP contribution in [0.3, 0.4) is 0 Å². The smallest absolute Gasteiger partial charge is 0.338 e. The Morgan fingerprint density at radius 3 is 2.53 bits per heavy atom. The number of fused-ring (bicyclic) bond motifs is 1. The van der Waals surface area contributed by atoms with Gasteiger partial charge in [0.25, 0.3) is 0 Å². The van der Waals surface area contributed by atoms with E-state index in [-0.39, 0.29) is 28.5 Å². The van der Waals surface area contributed by atoms with Gasteiger partial charge in [-0.05, 0) is 49.6 Å². The summed E-state index contributed by atoms with van der Waals surface area (Å²) in [5, 5.41) is 0. The summed E-state index contributed by atoms with van der Waals surface area (Å²) < 4.78 is 40.3. The van der Waals surface area contributed by atoms with Crippen LogP contribution in [0.15, 0.2) is 52.2 Å². The van der Waals surface area contributed by atoms with Crippen LogP contribution in [0.25, 0.3) is 11.0 Å². The lowest BCUT2D eigenvalue weighted by Gasteiger charge is -2.21. The summed E-state index contributed by atoms with van der Waals surface area (Å²) in [5.74, 6) is -0.430. The molecule has 0 atom stereocenters. The van der Waals surface area contributed by atoms with Gasteiger partial charge in [0.05, 0.1) is 30.3 Å². The summed E-state index contributed by atoms with van der Waals surface area (Å²) in [4.78, 5) is 27.6. The molecule has 0 amide bonds. The van der Waals surface area contributed by atoms with Gasteiger partial charge in [0.1, 0.15) is 10.6 Å². The van der Waals surface area contributed by atoms with E-state index in [0.29, 0.717) is 26.1 Å². The van der Waals surface area contributed by atoms with E-state index in [1.54, 1.807) is 4.57 Å². The molecule has 1 fully saturated rings. The molecule has 10 heteroatoms. The molecule has 4 rings (SSSR count). The standard InChI is InChI=1S/C24H29N3O6S/c1-32-21-12-11-18(17-22(21)34(30,31)26-13-6-2-3-7-14-26)23(28)33-16-8-15-27-20-10-5-4-9-19(20)25-24(27)29/h4-5,9-12,17H,2-3,6-8,13-16H2,1H3,(H,25,29). The quantitative estimate of drug-likeness (QED) is 0.386. The first-order valence-corrected chi connectivity index (χ1v) is 12.9. The number of H-pyrrole nitrogens is 1. The molecule has 1 aromatic heterocycles. The number of sulfonamides is 1. The van der Waals surface area contributed by atoms with Crippen LogP contribution in [0.5, 0.6) is 5.75 Å². The highest BCUT2D eigenvalue weighted by Gasteiger charge is 2.29. The van der Waals surface area contributed by atoms with Crippen molar-refractivity contribution in [3.05, 3.63) is 58.5 Å². The molecule has 0 saturated carbocycles. The monoisotopic (exact) mass is 487 g/mol. The minimum absolute atomic E-state index is 0.0308. The Kier molecular flexibility index (Phi) is 7.38. The van der Waals surface area contributed by atoms with Crippen LogP contribution in [-0.4, -0.2) is 55.0 Å². The van der Waals surface area contributed by atoms with Crippen molar-refractivity contribution >= 4 is 27.0 Å². The van der Waals surface area contributed by atoms with Gasteiger partial charge in [0, 0.05) is 19.6 Å². The fourth-order valence-electron chi connectivity index (χ4n) is 4.23. The molecule has 182 valence electrons. The zero-order chi connectivity index (χ0) is 24.1. The summed E-state index contributed by atoms with van der Waals surface area (Å²) in [7, 11) is -2.40. The Hall–Kier alpha value is -3.11. The summed E-state index contributed by atoms with van der Waals surface area (Å²) in [6.07, 6.45) is 4.05. The number of carbonyl (C=O) groups is 1. The molecule has 0 bridgehead atoms. The number of aromatic nitrogens is 2. The van der Waals surface area contributed by atoms with Gasteiger partial charge in [-0.15, -0.1) is 0 Å². The zero-order valence-corrected chi connectivity index (χ0v) is 20.0. The number of esters is 1. The molecule has 1 N–H and O–H groups in total. The van der Waals surface area contributed by atoms with Crippen LogP contribution in [0, 0.1) is 0 Å². The predicted molar refractivity (Wildman–Crippen MR) is 128 cm³/mol. The van der Waals surface area contributed by atoms with E-state index in [9.17, 15) is 18.0 Å². The second kappa shape index (κ2) is 10.4. The molecule has 0 aliphatic carbocycles. The average molecular weight is 488 g/mol. The molecule has 1 saturated heterocycles. The number of benzene rings is 2. The van der Waals surface area contributed by atoms with E-state index in [2.05, 4.69) is 4.98 Å². The van der Waals surface area contributed by atoms with E-state index >= 15 is 0 Å². The summed E-state index contributed by atoms with van der Waals surface area (Å²) in [6.45, 7) is 1.37. The van der Waals surface area contributed by atoms with Crippen LogP contribution in [-0.2, 0) is 21.3 Å². The third-order valence-electron chi connectivity index (χ3n) is 6.02. The molecule has 3 aromatic rings. The Morgan fingerprint density at radius 1 is 1.06 bits per heavy atom. The molecule has 1 aliphatic rings. The summed E-state index contributed by atoms with van der Waals surface area (Å²) in [6, 6.07) is 11.7. The molecule has 34 heavy (non-hydrogen) atoms. The van der Waals surface area contributed by atoms with Crippen LogP contribution < -0.4 is 10.4 Å². The topological polar surface area (TPSA) is 111 Å². The van der Waals surface area contributed by atoms with Crippen molar-refractivity contribution in [3.63, 3.8) is 0 Å². The van der Waals surface area contributed by atoms with E-state index in [1.165, 1.54) is 29.6 Å². The number of methoxy groups -OCH3 is 1. The van der Waals surface area contributed by atoms with Gasteiger partial charge >= 0.3 is 11.7 Å². The number of para-hydroxylation sites is 2. The van der Waals surface area contributed by atoms with Crippen LogP contribution in [0.1, 0.15) is 42.5 Å². The number of carbonyl (C=O) groups excluding carboxylic acids is 1. The van der Waals surface area contributed by atoms with E-state index in [1.807, 2.05) is 24.3 Å². The first-order chi connectivity index (χ1) is 16.4. The first kappa shape index (κ1) is 24.0. The van der Waals surface area contributed by atoms with Crippen molar-refractivity contribution in [3.8, 4) is 5.75 Å². The summed E-state index contributed by atoms with van der Waals surface area (Å²) in [5.41, 5.74) is 1.46. The Morgan fingerprint density at radius 2 is 1.79 bits per heavy atom. The number of hydrogen-bond donors (Lipinski definition) is 1. The lowest BCUT2D eigenvalue weighted by Crippen LogP contribution is -2.32. The van der Waals surface area contributed by atoms with Crippen molar-refractivity contribution in [2.24, 2.45) is 0 Å². The van der Waals surface area contributed by atoms with Gasteiger partial charge < -0.3 is 14.5 Å².